The highest BCUT2D eigenvalue weighted by Crippen LogP contribution is 2.34. The Bertz CT molecular complexity index is 1360. The van der Waals surface area contributed by atoms with Crippen LogP contribution < -0.4 is 5.32 Å². The molecule has 5 rings (SSSR count). The summed E-state index contributed by atoms with van der Waals surface area (Å²) in [4.78, 5) is 19.8. The van der Waals surface area contributed by atoms with Crippen LogP contribution >= 0.6 is 11.6 Å². The number of aromatic nitrogens is 3. The van der Waals surface area contributed by atoms with E-state index in [4.69, 9.17) is 21.3 Å². The second kappa shape index (κ2) is 10.0. The molecule has 1 N–H and O–H groups in total. The first-order valence-electron chi connectivity index (χ1n) is 11.7. The Morgan fingerprint density at radius 3 is 2.77 bits per heavy atom. The molecule has 0 atom stereocenters. The van der Waals surface area contributed by atoms with Gasteiger partial charge in [0, 0.05) is 47.9 Å². The van der Waals surface area contributed by atoms with E-state index in [9.17, 15) is 10.1 Å². The van der Waals surface area contributed by atoms with Crippen LogP contribution in [0, 0.1) is 10.1 Å². The molecule has 0 unspecified atom stereocenters. The maximum atomic E-state index is 11.0. The highest BCUT2D eigenvalue weighted by Gasteiger charge is 2.23. The van der Waals surface area contributed by atoms with Gasteiger partial charge in [0.15, 0.2) is 0 Å². The van der Waals surface area contributed by atoms with Crippen molar-refractivity contribution >= 4 is 34.1 Å². The quantitative estimate of drug-likeness (QED) is 0.246. The van der Waals surface area contributed by atoms with Crippen molar-refractivity contribution in [2.75, 3.05) is 5.32 Å². The minimum Gasteiger partial charge on any atom is -0.374 e. The van der Waals surface area contributed by atoms with Gasteiger partial charge < -0.3 is 14.6 Å². The molecule has 2 aromatic carbocycles. The monoisotopic (exact) mass is 491 g/mol. The first kappa shape index (κ1) is 23.3. The number of aryl methyl sites for hydroxylation is 1. The first-order chi connectivity index (χ1) is 17.0. The zero-order chi connectivity index (χ0) is 24.4. The first-order valence-corrected chi connectivity index (χ1v) is 12.0. The van der Waals surface area contributed by atoms with Crippen LogP contribution in [0.2, 0.25) is 5.02 Å². The van der Waals surface area contributed by atoms with Crippen LogP contribution in [0.3, 0.4) is 0 Å². The van der Waals surface area contributed by atoms with Crippen molar-refractivity contribution in [1.29, 1.82) is 0 Å². The SMILES string of the molecule is Cn1cc(-c2nc(NC3CCC(OCc4cccc([N+](=O)[O-])c4)CC3)ncc2Cl)c2ccccc21. The van der Waals surface area contributed by atoms with Gasteiger partial charge in [-0.15, -0.1) is 0 Å². The van der Waals surface area contributed by atoms with Crippen molar-refractivity contribution < 1.29 is 9.66 Å². The van der Waals surface area contributed by atoms with Gasteiger partial charge in [0.25, 0.3) is 5.69 Å². The summed E-state index contributed by atoms with van der Waals surface area (Å²) in [5.41, 5.74) is 3.72. The minimum atomic E-state index is -0.384. The predicted molar refractivity (Wildman–Crippen MR) is 137 cm³/mol. The zero-order valence-electron chi connectivity index (χ0n) is 19.4. The smallest absolute Gasteiger partial charge is 0.269 e. The normalized spacial score (nSPS) is 18.0. The number of hydrogen-bond acceptors (Lipinski definition) is 6. The van der Waals surface area contributed by atoms with Crippen LogP contribution in [-0.2, 0) is 18.4 Å². The number of rotatable bonds is 7. The average molecular weight is 492 g/mol. The van der Waals surface area contributed by atoms with Gasteiger partial charge in [-0.05, 0) is 37.3 Å². The fourth-order valence-electron chi connectivity index (χ4n) is 4.69. The lowest BCUT2D eigenvalue weighted by Gasteiger charge is -2.29. The molecule has 0 saturated heterocycles. The summed E-state index contributed by atoms with van der Waals surface area (Å²) in [5, 5.41) is 16.1. The Kier molecular flexibility index (Phi) is 6.66. The highest BCUT2D eigenvalue weighted by molar-refractivity contribution is 6.33. The van der Waals surface area contributed by atoms with Gasteiger partial charge in [-0.3, -0.25) is 10.1 Å². The van der Waals surface area contributed by atoms with E-state index in [2.05, 4.69) is 27.0 Å². The summed E-state index contributed by atoms with van der Waals surface area (Å²) in [6.07, 6.45) is 7.48. The van der Waals surface area contributed by atoms with Crippen LogP contribution in [0.1, 0.15) is 31.2 Å². The second-order valence-electron chi connectivity index (χ2n) is 8.92. The van der Waals surface area contributed by atoms with Gasteiger partial charge >= 0.3 is 0 Å². The molecule has 1 aliphatic carbocycles. The van der Waals surface area contributed by atoms with E-state index >= 15 is 0 Å². The van der Waals surface area contributed by atoms with Crippen LogP contribution in [0.15, 0.2) is 60.9 Å². The lowest BCUT2D eigenvalue weighted by Crippen LogP contribution is -2.30. The van der Waals surface area contributed by atoms with Gasteiger partial charge in [-0.1, -0.05) is 41.9 Å². The number of para-hydroxylation sites is 1. The molecule has 2 heterocycles. The third kappa shape index (κ3) is 5.13. The van der Waals surface area contributed by atoms with Crippen LogP contribution in [0.4, 0.5) is 11.6 Å². The number of ether oxygens (including phenoxy) is 1. The Morgan fingerprint density at radius 2 is 1.97 bits per heavy atom. The van der Waals surface area contributed by atoms with Gasteiger partial charge in [0.2, 0.25) is 5.95 Å². The maximum absolute atomic E-state index is 11.0. The molecule has 0 spiro atoms. The molecule has 1 aliphatic rings. The molecule has 2 aromatic heterocycles. The van der Waals surface area contributed by atoms with Crippen molar-refractivity contribution in [2.45, 2.75) is 44.4 Å². The summed E-state index contributed by atoms with van der Waals surface area (Å²) >= 11 is 6.50. The number of hydrogen-bond donors (Lipinski definition) is 1. The van der Waals surface area contributed by atoms with Gasteiger partial charge in [0.05, 0.1) is 34.5 Å². The molecule has 0 radical (unpaired) electrons. The number of nitro benzene ring substituents is 1. The molecule has 9 heteroatoms. The number of nitrogens with one attached hydrogen (secondary N) is 1. The van der Waals surface area contributed by atoms with Gasteiger partial charge in [-0.25, -0.2) is 9.97 Å². The van der Waals surface area contributed by atoms with Crippen molar-refractivity contribution in [3.05, 3.63) is 81.6 Å². The molecular weight excluding hydrogens is 466 g/mol. The summed E-state index contributed by atoms with van der Waals surface area (Å²) < 4.78 is 8.11. The summed E-state index contributed by atoms with van der Waals surface area (Å²) in [6, 6.07) is 15.0. The number of anilines is 1. The fraction of sp³-hybridized carbons (Fsp3) is 0.308. The van der Waals surface area contributed by atoms with E-state index in [0.29, 0.717) is 17.6 Å². The Labute approximate surface area is 208 Å². The summed E-state index contributed by atoms with van der Waals surface area (Å²) in [6.45, 7) is 0.374. The Balaban J connectivity index is 1.21. The van der Waals surface area contributed by atoms with Gasteiger partial charge in [-0.2, -0.15) is 0 Å². The van der Waals surface area contributed by atoms with Crippen molar-refractivity contribution in [1.82, 2.24) is 14.5 Å². The van der Waals surface area contributed by atoms with E-state index in [1.54, 1.807) is 18.3 Å². The van der Waals surface area contributed by atoms with E-state index < -0.39 is 0 Å². The van der Waals surface area contributed by atoms with E-state index in [1.807, 2.05) is 31.4 Å². The molecule has 0 bridgehead atoms. The van der Waals surface area contributed by atoms with Crippen molar-refractivity contribution in [2.24, 2.45) is 7.05 Å². The number of benzene rings is 2. The largest absolute Gasteiger partial charge is 0.374 e. The van der Waals surface area contributed by atoms with Crippen LogP contribution in [0.5, 0.6) is 0 Å². The zero-order valence-corrected chi connectivity index (χ0v) is 20.1. The molecule has 35 heavy (non-hydrogen) atoms. The standard InChI is InChI=1S/C26H26ClN5O3/c1-31-15-22(21-7-2-3-8-24(21)31)25-23(27)14-28-26(30-25)29-18-9-11-20(12-10-18)35-16-17-5-4-6-19(13-17)32(33)34/h2-8,13-15,18,20H,9-12,16H2,1H3,(H,28,29,30). The topological polar surface area (TPSA) is 95.1 Å². The maximum Gasteiger partial charge on any atom is 0.269 e. The third-order valence-corrected chi connectivity index (χ3v) is 6.79. The molecule has 8 nitrogen and oxygen atoms in total. The fourth-order valence-corrected chi connectivity index (χ4v) is 4.88. The molecule has 1 saturated carbocycles. The molecule has 0 amide bonds. The molecule has 0 aliphatic heterocycles. The molecule has 1 fully saturated rings. The Morgan fingerprint density at radius 1 is 1.17 bits per heavy atom. The highest BCUT2D eigenvalue weighted by atomic mass is 35.5. The lowest BCUT2D eigenvalue weighted by molar-refractivity contribution is -0.385. The average Bonchev–Trinajstić information content (AvgIpc) is 3.21. The van der Waals surface area contributed by atoms with E-state index in [1.165, 1.54) is 6.07 Å². The molecular formula is C26H26ClN5O3. The molecule has 180 valence electrons. The number of non-ortho nitro benzene ring substituents is 1. The Hall–Kier alpha value is -3.49. The predicted octanol–water partition coefficient (Wildman–Crippen LogP) is 6.14. The van der Waals surface area contributed by atoms with Crippen LogP contribution in [0.25, 0.3) is 22.2 Å². The number of nitro groups is 1. The minimum absolute atomic E-state index is 0.0878. The number of halogens is 1. The lowest BCUT2D eigenvalue weighted by atomic mass is 9.93. The van der Waals surface area contributed by atoms with Crippen LogP contribution in [-0.4, -0.2) is 31.6 Å². The third-order valence-electron chi connectivity index (χ3n) is 6.51. The van der Waals surface area contributed by atoms with E-state index in [-0.39, 0.29) is 22.8 Å². The summed E-state index contributed by atoms with van der Waals surface area (Å²) in [5.74, 6) is 0.568. The summed E-state index contributed by atoms with van der Waals surface area (Å²) in [7, 11) is 2.01. The van der Waals surface area contributed by atoms with Crippen molar-refractivity contribution in [3.63, 3.8) is 0 Å². The molecule has 4 aromatic rings. The van der Waals surface area contributed by atoms with Gasteiger partial charge in [0.1, 0.15) is 0 Å². The van der Waals surface area contributed by atoms with Crippen molar-refractivity contribution in [3.8, 4) is 11.3 Å². The number of nitrogens with zero attached hydrogens (tertiary/aromatic N) is 4. The van der Waals surface area contributed by atoms with E-state index in [0.717, 1.165) is 53.4 Å². The number of fused-ring (bicyclic) bond motifs is 1. The second-order valence-corrected chi connectivity index (χ2v) is 9.32.